The molecule has 0 aliphatic carbocycles. The van der Waals surface area contributed by atoms with Crippen LogP contribution in [0.5, 0.6) is 0 Å². The largest absolute Gasteiger partial charge is 0.378 e. The Labute approximate surface area is 169 Å². The summed E-state index contributed by atoms with van der Waals surface area (Å²) in [5, 5.41) is 0.748. The highest BCUT2D eigenvalue weighted by atomic mass is 32.2. The molecule has 0 fully saturated rings. The third-order valence-corrected chi connectivity index (χ3v) is 6.07. The van der Waals surface area contributed by atoms with Gasteiger partial charge in [-0.25, -0.2) is 13.4 Å². The van der Waals surface area contributed by atoms with Gasteiger partial charge in [0.05, 0.1) is 11.1 Å². The second-order valence-corrected chi connectivity index (χ2v) is 8.63. The Hall–Kier alpha value is -3.39. The van der Waals surface area contributed by atoms with Gasteiger partial charge in [-0.3, -0.25) is 9.71 Å². The predicted octanol–water partition coefficient (Wildman–Crippen LogP) is 3.50. The molecule has 3 aromatic heterocycles. The van der Waals surface area contributed by atoms with E-state index in [1.165, 1.54) is 18.5 Å². The molecule has 0 saturated carbocycles. The molecule has 148 valence electrons. The molecule has 0 bridgehead atoms. The Bertz CT molecular complexity index is 1280. The summed E-state index contributed by atoms with van der Waals surface area (Å²) < 4.78 is 30.3. The highest BCUT2D eigenvalue weighted by molar-refractivity contribution is 7.92. The molecule has 0 aliphatic rings. The van der Waals surface area contributed by atoms with Crippen molar-refractivity contribution in [1.29, 1.82) is 0 Å². The molecule has 4 aromatic rings. The quantitative estimate of drug-likeness (QED) is 0.548. The number of aromatic nitrogens is 3. The van der Waals surface area contributed by atoms with E-state index in [1.54, 1.807) is 18.3 Å². The monoisotopic (exact) mass is 407 g/mol. The fraction of sp³-hybridized carbons (Fsp3) is 0.143. The van der Waals surface area contributed by atoms with Crippen molar-refractivity contribution >= 4 is 32.4 Å². The lowest BCUT2D eigenvalue weighted by atomic mass is 10.0. The molecule has 0 aliphatic heterocycles. The maximum absolute atomic E-state index is 12.9. The van der Waals surface area contributed by atoms with Crippen LogP contribution in [0, 0.1) is 0 Å². The third-order valence-electron chi connectivity index (χ3n) is 4.72. The van der Waals surface area contributed by atoms with E-state index < -0.39 is 10.0 Å². The molecule has 0 radical (unpaired) electrons. The molecule has 0 amide bonds. The van der Waals surface area contributed by atoms with E-state index >= 15 is 0 Å². The van der Waals surface area contributed by atoms with Crippen LogP contribution in [0.1, 0.15) is 0 Å². The van der Waals surface area contributed by atoms with Crippen molar-refractivity contribution in [2.75, 3.05) is 23.7 Å². The molecule has 4 rings (SSSR count). The van der Waals surface area contributed by atoms with Crippen molar-refractivity contribution in [3.63, 3.8) is 0 Å². The van der Waals surface area contributed by atoms with Crippen LogP contribution in [-0.2, 0) is 17.1 Å². The molecular formula is C21H21N5O2S. The van der Waals surface area contributed by atoms with Crippen LogP contribution >= 0.6 is 0 Å². The van der Waals surface area contributed by atoms with E-state index in [4.69, 9.17) is 0 Å². The zero-order valence-corrected chi connectivity index (χ0v) is 17.2. The van der Waals surface area contributed by atoms with Crippen LogP contribution in [0.3, 0.4) is 0 Å². The van der Waals surface area contributed by atoms with Gasteiger partial charge in [0.1, 0.15) is 10.5 Å². The molecule has 1 N–H and O–H groups in total. The molecule has 29 heavy (non-hydrogen) atoms. The fourth-order valence-electron chi connectivity index (χ4n) is 3.27. The lowest BCUT2D eigenvalue weighted by Crippen LogP contribution is -2.13. The van der Waals surface area contributed by atoms with Gasteiger partial charge in [0, 0.05) is 57.2 Å². The molecule has 0 saturated heterocycles. The summed E-state index contributed by atoms with van der Waals surface area (Å²) in [5.74, 6) is 0. The van der Waals surface area contributed by atoms with Gasteiger partial charge >= 0.3 is 0 Å². The molecule has 0 unspecified atom stereocenters. The van der Waals surface area contributed by atoms with E-state index in [-0.39, 0.29) is 4.90 Å². The number of fused-ring (bicyclic) bond motifs is 1. The Morgan fingerprint density at radius 1 is 1.07 bits per heavy atom. The number of rotatable bonds is 5. The molecule has 0 atom stereocenters. The second-order valence-electron chi connectivity index (χ2n) is 6.95. The van der Waals surface area contributed by atoms with Crippen molar-refractivity contribution in [2.24, 2.45) is 7.05 Å². The van der Waals surface area contributed by atoms with Crippen molar-refractivity contribution in [3.8, 4) is 11.1 Å². The molecule has 8 heteroatoms. The van der Waals surface area contributed by atoms with Crippen LogP contribution in [0.2, 0.25) is 0 Å². The predicted molar refractivity (Wildman–Crippen MR) is 116 cm³/mol. The van der Waals surface area contributed by atoms with E-state index in [1.807, 2.05) is 55.0 Å². The minimum Gasteiger partial charge on any atom is -0.378 e. The minimum absolute atomic E-state index is 0.108. The lowest BCUT2D eigenvalue weighted by Gasteiger charge is -2.14. The number of pyridine rings is 2. The van der Waals surface area contributed by atoms with Crippen LogP contribution in [0.25, 0.3) is 22.2 Å². The van der Waals surface area contributed by atoms with Gasteiger partial charge in [0.15, 0.2) is 0 Å². The Morgan fingerprint density at radius 3 is 2.62 bits per heavy atom. The standard InChI is InChI=1S/C21H21N5O2S/c1-25(2)16-7-4-6-15(12-16)18-14-26(3)21-20(18)19(9-11-23-21)24-29(27,28)17-8-5-10-22-13-17/h4-14H,1-3H3,(H,23,24). The molecular weight excluding hydrogens is 386 g/mol. The van der Waals surface area contributed by atoms with Crippen LogP contribution in [0.4, 0.5) is 11.4 Å². The van der Waals surface area contributed by atoms with Gasteiger partial charge in [-0.1, -0.05) is 12.1 Å². The number of hydrogen-bond donors (Lipinski definition) is 1. The number of sulfonamides is 1. The maximum atomic E-state index is 12.9. The number of hydrogen-bond acceptors (Lipinski definition) is 5. The third kappa shape index (κ3) is 3.54. The number of nitrogens with zero attached hydrogens (tertiary/aromatic N) is 4. The summed E-state index contributed by atoms with van der Waals surface area (Å²) in [7, 11) is 2.09. The van der Waals surface area contributed by atoms with Gasteiger partial charge in [-0.2, -0.15) is 0 Å². The lowest BCUT2D eigenvalue weighted by molar-refractivity contribution is 0.601. The summed E-state index contributed by atoms with van der Waals surface area (Å²) >= 11 is 0. The van der Waals surface area contributed by atoms with Crippen molar-refractivity contribution < 1.29 is 8.42 Å². The molecule has 7 nitrogen and oxygen atoms in total. The normalized spacial score (nSPS) is 11.6. The maximum Gasteiger partial charge on any atom is 0.263 e. The average molecular weight is 407 g/mol. The molecule has 0 spiro atoms. The van der Waals surface area contributed by atoms with Gasteiger partial charge < -0.3 is 9.47 Å². The average Bonchev–Trinajstić information content (AvgIpc) is 3.06. The van der Waals surface area contributed by atoms with Gasteiger partial charge in [-0.05, 0) is 35.9 Å². The van der Waals surface area contributed by atoms with E-state index in [2.05, 4.69) is 20.8 Å². The summed E-state index contributed by atoms with van der Waals surface area (Å²) in [4.78, 5) is 10.5. The minimum atomic E-state index is -3.77. The van der Waals surface area contributed by atoms with Crippen molar-refractivity contribution in [3.05, 3.63) is 67.3 Å². The first-order valence-corrected chi connectivity index (χ1v) is 10.5. The van der Waals surface area contributed by atoms with Crippen LogP contribution < -0.4 is 9.62 Å². The highest BCUT2D eigenvalue weighted by Crippen LogP contribution is 2.36. The fourth-order valence-corrected chi connectivity index (χ4v) is 4.30. The van der Waals surface area contributed by atoms with Crippen LogP contribution in [0.15, 0.2) is 72.1 Å². The SMILES string of the molecule is CN(C)c1cccc(-c2cn(C)c3nccc(NS(=O)(=O)c4cccnc4)c23)c1. The zero-order valence-electron chi connectivity index (χ0n) is 16.4. The first-order chi connectivity index (χ1) is 13.9. The van der Waals surface area contributed by atoms with Gasteiger partial charge in [-0.15, -0.1) is 0 Å². The second kappa shape index (κ2) is 7.21. The zero-order chi connectivity index (χ0) is 20.6. The smallest absolute Gasteiger partial charge is 0.263 e. The molecule has 3 heterocycles. The van der Waals surface area contributed by atoms with Gasteiger partial charge in [0.2, 0.25) is 0 Å². The summed E-state index contributed by atoms with van der Waals surface area (Å²) in [6, 6.07) is 12.9. The van der Waals surface area contributed by atoms with E-state index in [9.17, 15) is 8.42 Å². The highest BCUT2D eigenvalue weighted by Gasteiger charge is 2.19. The van der Waals surface area contributed by atoms with Crippen molar-refractivity contribution in [1.82, 2.24) is 14.5 Å². The topological polar surface area (TPSA) is 80.1 Å². The molecule has 1 aromatic carbocycles. The number of aryl methyl sites for hydroxylation is 1. The Kier molecular flexibility index (Phi) is 4.71. The first kappa shape index (κ1) is 18.9. The Morgan fingerprint density at radius 2 is 1.90 bits per heavy atom. The first-order valence-electron chi connectivity index (χ1n) is 9.01. The summed E-state index contributed by atoms with van der Waals surface area (Å²) in [6.45, 7) is 0. The summed E-state index contributed by atoms with van der Waals surface area (Å²) in [5.41, 5.74) is 4.12. The summed E-state index contributed by atoms with van der Waals surface area (Å²) in [6.07, 6.45) is 6.43. The number of benzene rings is 1. The number of nitrogens with one attached hydrogen (secondary N) is 1. The van der Waals surface area contributed by atoms with E-state index in [0.29, 0.717) is 11.3 Å². The van der Waals surface area contributed by atoms with Gasteiger partial charge in [0.25, 0.3) is 10.0 Å². The van der Waals surface area contributed by atoms with Crippen molar-refractivity contribution in [2.45, 2.75) is 4.90 Å². The Balaban J connectivity index is 1.88. The van der Waals surface area contributed by atoms with Crippen LogP contribution in [-0.4, -0.2) is 37.0 Å². The number of anilines is 2. The van der Waals surface area contributed by atoms with E-state index in [0.717, 1.165) is 22.2 Å².